The quantitative estimate of drug-likeness (QED) is 0.530. The third-order valence-corrected chi connectivity index (χ3v) is 5.46. The summed E-state index contributed by atoms with van der Waals surface area (Å²) < 4.78 is 44.4. The van der Waals surface area contributed by atoms with Crippen molar-refractivity contribution in [3.63, 3.8) is 0 Å². The molecule has 2 heterocycles. The van der Waals surface area contributed by atoms with Crippen molar-refractivity contribution in [3.05, 3.63) is 80.7 Å². The molecule has 0 saturated carbocycles. The summed E-state index contributed by atoms with van der Waals surface area (Å²) in [5.74, 6) is -0.830. The van der Waals surface area contributed by atoms with Gasteiger partial charge in [-0.15, -0.1) is 5.10 Å². The molecule has 2 aromatic carbocycles. The lowest BCUT2D eigenvalue weighted by Gasteiger charge is -2.24. The van der Waals surface area contributed by atoms with Crippen LogP contribution in [0.15, 0.2) is 53.9 Å². The number of aromatic nitrogens is 2. The number of fused-ring (bicyclic) bond motifs is 1. The normalized spacial score (nSPS) is 16.1. The maximum atomic E-state index is 13.0. The first kappa shape index (κ1) is 20.1. The van der Waals surface area contributed by atoms with Crippen molar-refractivity contribution < 1.29 is 17.9 Å². The monoisotopic (exact) mass is 450 g/mol. The standard InChI is InChI=1S/C20H11Cl2F3N4O/c21-13-6-3-10(7-14(13)22)17-16-15(9-1-4-11(5-2-9)20(23,24)25)12(8-26)18(27)30-19(16)29-28-17/h1-7,15H,27H2,(H,28,29). The molecule has 0 radical (unpaired) electrons. The van der Waals surface area contributed by atoms with Crippen molar-refractivity contribution in [2.45, 2.75) is 12.1 Å². The molecule has 1 aromatic heterocycles. The molecule has 0 spiro atoms. The van der Waals surface area contributed by atoms with Crippen LogP contribution >= 0.6 is 23.2 Å². The van der Waals surface area contributed by atoms with Crippen molar-refractivity contribution >= 4 is 23.2 Å². The molecule has 0 aliphatic carbocycles. The SMILES string of the molecule is N#CC1=C(N)Oc2n[nH]c(-c3ccc(Cl)c(Cl)c3)c2C1c1ccc(C(F)(F)F)cc1. The number of alkyl halides is 3. The van der Waals surface area contributed by atoms with Crippen molar-refractivity contribution in [2.24, 2.45) is 5.73 Å². The average Bonchev–Trinajstić information content (AvgIpc) is 3.11. The van der Waals surface area contributed by atoms with E-state index in [9.17, 15) is 18.4 Å². The van der Waals surface area contributed by atoms with Crippen LogP contribution in [0.1, 0.15) is 22.6 Å². The van der Waals surface area contributed by atoms with Crippen LogP contribution in [0.5, 0.6) is 5.88 Å². The molecular weight excluding hydrogens is 440 g/mol. The first-order valence-corrected chi connectivity index (χ1v) is 9.24. The van der Waals surface area contributed by atoms with E-state index in [4.69, 9.17) is 33.7 Å². The van der Waals surface area contributed by atoms with Gasteiger partial charge in [0.1, 0.15) is 11.6 Å². The molecule has 1 atom stereocenters. The zero-order chi connectivity index (χ0) is 21.6. The number of rotatable bonds is 2. The highest BCUT2D eigenvalue weighted by molar-refractivity contribution is 6.42. The van der Waals surface area contributed by atoms with Gasteiger partial charge >= 0.3 is 6.18 Å². The highest BCUT2D eigenvalue weighted by Gasteiger charge is 2.36. The molecule has 1 unspecified atom stereocenters. The minimum Gasteiger partial charge on any atom is -0.420 e. The van der Waals surface area contributed by atoms with Crippen molar-refractivity contribution in [3.8, 4) is 23.2 Å². The maximum Gasteiger partial charge on any atom is 0.416 e. The van der Waals surface area contributed by atoms with E-state index in [1.807, 2.05) is 6.07 Å². The Hall–Kier alpha value is -3.15. The highest BCUT2D eigenvalue weighted by atomic mass is 35.5. The van der Waals surface area contributed by atoms with E-state index in [1.54, 1.807) is 18.2 Å². The van der Waals surface area contributed by atoms with E-state index in [-0.39, 0.29) is 17.3 Å². The predicted molar refractivity (Wildman–Crippen MR) is 105 cm³/mol. The fraction of sp³-hybridized carbons (Fsp3) is 0.100. The zero-order valence-corrected chi connectivity index (χ0v) is 16.4. The summed E-state index contributed by atoms with van der Waals surface area (Å²) in [6.45, 7) is 0. The summed E-state index contributed by atoms with van der Waals surface area (Å²) in [5.41, 5.74) is 7.12. The summed E-state index contributed by atoms with van der Waals surface area (Å²) in [6.07, 6.45) is -4.48. The third-order valence-electron chi connectivity index (χ3n) is 4.72. The lowest BCUT2D eigenvalue weighted by molar-refractivity contribution is -0.137. The number of ether oxygens (including phenoxy) is 1. The Kier molecular flexibility index (Phi) is 4.88. The molecule has 1 aliphatic rings. The molecule has 1 aliphatic heterocycles. The summed E-state index contributed by atoms with van der Waals surface area (Å²) in [4.78, 5) is 0. The molecule has 3 aromatic rings. The number of hydrogen-bond donors (Lipinski definition) is 2. The number of H-pyrrole nitrogens is 1. The van der Waals surface area contributed by atoms with Gasteiger partial charge in [0, 0.05) is 5.56 Å². The van der Waals surface area contributed by atoms with Gasteiger partial charge in [0.2, 0.25) is 11.8 Å². The van der Waals surface area contributed by atoms with E-state index < -0.39 is 17.7 Å². The Labute approximate surface area is 178 Å². The van der Waals surface area contributed by atoms with Crippen LogP contribution in [0.25, 0.3) is 11.3 Å². The first-order valence-electron chi connectivity index (χ1n) is 8.49. The molecule has 3 N–H and O–H groups in total. The number of nitrogens with one attached hydrogen (secondary N) is 1. The van der Waals surface area contributed by atoms with Gasteiger partial charge in [0.15, 0.2) is 0 Å². The van der Waals surface area contributed by atoms with Crippen LogP contribution in [0, 0.1) is 11.3 Å². The molecule has 5 nitrogen and oxygen atoms in total. The second kappa shape index (κ2) is 7.27. The Bertz CT molecular complexity index is 1210. The molecular formula is C20H11Cl2F3N4O. The topological polar surface area (TPSA) is 87.7 Å². The fourth-order valence-corrected chi connectivity index (χ4v) is 3.61. The number of aromatic amines is 1. The summed E-state index contributed by atoms with van der Waals surface area (Å²) in [6, 6.07) is 11.4. The molecule has 0 saturated heterocycles. The van der Waals surface area contributed by atoms with Crippen molar-refractivity contribution in [1.82, 2.24) is 10.2 Å². The van der Waals surface area contributed by atoms with Gasteiger partial charge in [-0.25, -0.2) is 0 Å². The van der Waals surface area contributed by atoms with Gasteiger partial charge in [-0.3, -0.25) is 5.10 Å². The second-order valence-corrected chi connectivity index (χ2v) is 7.31. The predicted octanol–water partition coefficient (Wildman–Crippen LogP) is 5.62. The Morgan fingerprint density at radius 3 is 2.40 bits per heavy atom. The molecule has 0 amide bonds. The minimum absolute atomic E-state index is 0.0602. The van der Waals surface area contributed by atoms with Crippen LogP contribution < -0.4 is 10.5 Å². The minimum atomic E-state index is -4.48. The second-order valence-electron chi connectivity index (χ2n) is 6.49. The van der Waals surface area contributed by atoms with Gasteiger partial charge in [0.05, 0.1) is 32.8 Å². The molecule has 0 bridgehead atoms. The lowest BCUT2D eigenvalue weighted by Crippen LogP contribution is -2.21. The molecule has 10 heteroatoms. The first-order chi connectivity index (χ1) is 14.2. The van der Waals surface area contributed by atoms with Crippen LogP contribution in [0.2, 0.25) is 10.0 Å². The van der Waals surface area contributed by atoms with Gasteiger partial charge in [-0.1, -0.05) is 41.4 Å². The highest BCUT2D eigenvalue weighted by Crippen LogP contribution is 2.46. The Morgan fingerprint density at radius 1 is 1.10 bits per heavy atom. The average molecular weight is 451 g/mol. The molecule has 4 rings (SSSR count). The van der Waals surface area contributed by atoms with Crippen LogP contribution in [-0.4, -0.2) is 10.2 Å². The van der Waals surface area contributed by atoms with Crippen LogP contribution in [-0.2, 0) is 6.18 Å². The Morgan fingerprint density at radius 2 is 1.80 bits per heavy atom. The van der Waals surface area contributed by atoms with Gasteiger partial charge in [-0.05, 0) is 29.8 Å². The van der Waals surface area contributed by atoms with Gasteiger partial charge in [-0.2, -0.15) is 18.4 Å². The largest absolute Gasteiger partial charge is 0.420 e. The number of halogens is 5. The van der Waals surface area contributed by atoms with Crippen LogP contribution in [0.3, 0.4) is 0 Å². The fourth-order valence-electron chi connectivity index (χ4n) is 3.31. The van der Waals surface area contributed by atoms with E-state index >= 15 is 0 Å². The van der Waals surface area contributed by atoms with Gasteiger partial charge < -0.3 is 10.5 Å². The van der Waals surface area contributed by atoms with E-state index in [1.165, 1.54) is 12.1 Å². The van der Waals surface area contributed by atoms with Gasteiger partial charge in [0.25, 0.3) is 0 Å². The number of nitriles is 1. The van der Waals surface area contributed by atoms with Crippen LogP contribution in [0.4, 0.5) is 13.2 Å². The number of hydrogen-bond acceptors (Lipinski definition) is 4. The van der Waals surface area contributed by atoms with E-state index in [0.29, 0.717) is 32.4 Å². The Balaban J connectivity index is 1.90. The van der Waals surface area contributed by atoms with E-state index in [2.05, 4.69) is 10.2 Å². The zero-order valence-electron chi connectivity index (χ0n) is 14.9. The maximum absolute atomic E-state index is 13.0. The smallest absolute Gasteiger partial charge is 0.416 e. The lowest BCUT2D eigenvalue weighted by atomic mass is 9.83. The molecule has 30 heavy (non-hydrogen) atoms. The number of nitrogens with two attached hydrogens (primary N) is 1. The third kappa shape index (κ3) is 3.36. The summed E-state index contributed by atoms with van der Waals surface area (Å²) >= 11 is 12.1. The molecule has 152 valence electrons. The number of benzene rings is 2. The number of nitrogens with zero attached hydrogens (tertiary/aromatic N) is 2. The van der Waals surface area contributed by atoms with Crippen molar-refractivity contribution in [1.29, 1.82) is 5.26 Å². The van der Waals surface area contributed by atoms with Crippen molar-refractivity contribution in [2.75, 3.05) is 0 Å². The summed E-state index contributed by atoms with van der Waals surface area (Å²) in [5, 5.41) is 17.3. The number of allylic oxidation sites excluding steroid dienone is 1. The van der Waals surface area contributed by atoms with E-state index in [0.717, 1.165) is 12.1 Å². The molecule has 0 fully saturated rings. The summed E-state index contributed by atoms with van der Waals surface area (Å²) in [7, 11) is 0.